The van der Waals surface area contributed by atoms with Crippen molar-refractivity contribution < 1.29 is 18.7 Å². The third-order valence-electron chi connectivity index (χ3n) is 2.96. The van der Waals surface area contributed by atoms with Crippen molar-refractivity contribution in [2.75, 3.05) is 18.2 Å². The Morgan fingerprint density at radius 3 is 2.70 bits per heavy atom. The fraction of sp³-hybridized carbons (Fsp3) is 0.176. The number of rotatable bonds is 6. The molecule has 0 bridgehead atoms. The lowest BCUT2D eigenvalue weighted by molar-refractivity contribution is -0.113. The number of ether oxygens (including phenoxy) is 1. The molecule has 1 amide bonds. The number of halogens is 1. The van der Waals surface area contributed by atoms with E-state index in [1.165, 1.54) is 37.1 Å². The first-order valence-corrected chi connectivity index (χ1v) is 8.04. The van der Waals surface area contributed by atoms with Gasteiger partial charge in [-0.25, -0.2) is 9.18 Å². The number of hydrogen-bond acceptors (Lipinski definition) is 4. The Morgan fingerprint density at radius 2 is 1.96 bits per heavy atom. The van der Waals surface area contributed by atoms with Crippen LogP contribution >= 0.6 is 11.8 Å². The average Bonchev–Trinajstić information content (AvgIpc) is 2.54. The van der Waals surface area contributed by atoms with Crippen molar-refractivity contribution in [3.8, 4) is 0 Å². The van der Waals surface area contributed by atoms with E-state index >= 15 is 0 Å². The lowest BCUT2D eigenvalue weighted by Crippen LogP contribution is -2.14. The molecule has 0 aromatic heterocycles. The molecule has 0 unspecified atom stereocenters. The Kier molecular flexibility index (Phi) is 6.17. The highest BCUT2D eigenvalue weighted by molar-refractivity contribution is 7.99. The molecule has 6 heteroatoms. The minimum absolute atomic E-state index is 0.204. The maximum Gasteiger partial charge on any atom is 0.337 e. The Bertz CT molecular complexity index is 706. The number of carbonyl (C=O) groups excluding carboxylic acids is 2. The van der Waals surface area contributed by atoms with Crippen molar-refractivity contribution >= 4 is 29.3 Å². The van der Waals surface area contributed by atoms with Gasteiger partial charge in [-0.3, -0.25) is 4.79 Å². The predicted molar refractivity (Wildman–Crippen MR) is 89.0 cm³/mol. The number of hydrogen-bond donors (Lipinski definition) is 1. The first-order chi connectivity index (χ1) is 11.1. The molecule has 0 heterocycles. The van der Waals surface area contributed by atoms with Crippen LogP contribution in [0.5, 0.6) is 0 Å². The third-order valence-corrected chi connectivity index (χ3v) is 3.96. The van der Waals surface area contributed by atoms with Crippen LogP contribution in [-0.4, -0.2) is 24.7 Å². The Labute approximate surface area is 138 Å². The molecule has 0 aliphatic heterocycles. The van der Waals surface area contributed by atoms with E-state index in [0.717, 1.165) is 5.56 Å². The molecule has 0 saturated carbocycles. The lowest BCUT2D eigenvalue weighted by Gasteiger charge is -2.06. The van der Waals surface area contributed by atoms with E-state index < -0.39 is 5.82 Å². The van der Waals surface area contributed by atoms with E-state index in [1.807, 2.05) is 6.07 Å². The van der Waals surface area contributed by atoms with Gasteiger partial charge in [0.25, 0.3) is 0 Å². The summed E-state index contributed by atoms with van der Waals surface area (Å²) in [7, 11) is 1.33. The molecule has 2 aromatic rings. The average molecular weight is 333 g/mol. The molecule has 2 rings (SSSR count). The van der Waals surface area contributed by atoms with Crippen LogP contribution < -0.4 is 5.32 Å². The first kappa shape index (κ1) is 17.0. The van der Waals surface area contributed by atoms with Crippen LogP contribution in [0, 0.1) is 5.82 Å². The van der Waals surface area contributed by atoms with E-state index in [9.17, 15) is 14.0 Å². The number of amides is 1. The zero-order valence-electron chi connectivity index (χ0n) is 12.5. The highest BCUT2D eigenvalue weighted by Gasteiger charge is 2.07. The summed E-state index contributed by atoms with van der Waals surface area (Å²) >= 11 is 1.41. The van der Waals surface area contributed by atoms with Gasteiger partial charge in [-0.15, -0.1) is 11.8 Å². The van der Waals surface area contributed by atoms with Gasteiger partial charge in [-0.05, 0) is 35.9 Å². The minimum Gasteiger partial charge on any atom is -0.465 e. The van der Waals surface area contributed by atoms with E-state index in [-0.39, 0.29) is 17.6 Å². The number of esters is 1. The Morgan fingerprint density at radius 1 is 1.17 bits per heavy atom. The van der Waals surface area contributed by atoms with Crippen LogP contribution in [0.4, 0.5) is 10.1 Å². The van der Waals surface area contributed by atoms with Crippen molar-refractivity contribution in [1.29, 1.82) is 0 Å². The predicted octanol–water partition coefficient (Wildman–Crippen LogP) is 3.48. The van der Waals surface area contributed by atoms with Crippen LogP contribution in [-0.2, 0) is 15.3 Å². The van der Waals surface area contributed by atoms with Crippen LogP contribution in [0.15, 0.2) is 48.5 Å². The van der Waals surface area contributed by atoms with Gasteiger partial charge < -0.3 is 10.1 Å². The van der Waals surface area contributed by atoms with Crippen LogP contribution in [0.1, 0.15) is 15.9 Å². The maximum atomic E-state index is 13.0. The number of nitrogens with one attached hydrogen (secondary N) is 1. The van der Waals surface area contributed by atoms with E-state index in [1.54, 1.807) is 24.3 Å². The van der Waals surface area contributed by atoms with Crippen LogP contribution in [0.3, 0.4) is 0 Å². The van der Waals surface area contributed by atoms with Gasteiger partial charge in [0.2, 0.25) is 5.91 Å². The van der Waals surface area contributed by atoms with Crippen LogP contribution in [0.25, 0.3) is 0 Å². The van der Waals surface area contributed by atoms with E-state index in [4.69, 9.17) is 0 Å². The molecule has 120 valence electrons. The molecule has 0 saturated heterocycles. The van der Waals surface area contributed by atoms with Crippen molar-refractivity contribution in [2.24, 2.45) is 0 Å². The summed E-state index contributed by atoms with van der Waals surface area (Å²) < 4.78 is 17.7. The van der Waals surface area contributed by atoms with Gasteiger partial charge >= 0.3 is 5.97 Å². The van der Waals surface area contributed by atoms with Gasteiger partial charge in [0, 0.05) is 11.4 Å². The quantitative estimate of drug-likeness (QED) is 0.822. The van der Waals surface area contributed by atoms with Gasteiger partial charge in [0.1, 0.15) is 5.82 Å². The number of anilines is 1. The second kappa shape index (κ2) is 8.33. The van der Waals surface area contributed by atoms with Gasteiger partial charge in [-0.1, -0.05) is 18.2 Å². The molecule has 2 aromatic carbocycles. The Hall–Kier alpha value is -2.34. The second-order valence-electron chi connectivity index (χ2n) is 4.74. The zero-order chi connectivity index (χ0) is 16.7. The molecule has 0 spiro atoms. The zero-order valence-corrected chi connectivity index (χ0v) is 13.4. The SMILES string of the molecule is COC(=O)c1cccc(CSCC(=O)Nc2cccc(F)c2)c1. The molecular formula is C17H16FNO3S. The maximum absolute atomic E-state index is 13.0. The molecular weight excluding hydrogens is 317 g/mol. The summed E-state index contributed by atoms with van der Waals surface area (Å²) in [5.74, 6) is -0.166. The summed E-state index contributed by atoms with van der Waals surface area (Å²) in [5.41, 5.74) is 1.84. The van der Waals surface area contributed by atoms with E-state index in [0.29, 0.717) is 17.0 Å². The Balaban J connectivity index is 1.82. The molecule has 1 N–H and O–H groups in total. The van der Waals surface area contributed by atoms with Gasteiger partial charge in [0.05, 0.1) is 18.4 Å². The molecule has 0 aliphatic rings. The third kappa shape index (κ3) is 5.41. The molecule has 23 heavy (non-hydrogen) atoms. The minimum atomic E-state index is -0.393. The number of carbonyl (C=O) groups is 2. The molecule has 0 fully saturated rings. The van der Waals surface area contributed by atoms with Crippen molar-refractivity contribution in [1.82, 2.24) is 0 Å². The van der Waals surface area contributed by atoms with Gasteiger partial charge in [-0.2, -0.15) is 0 Å². The fourth-order valence-corrected chi connectivity index (χ4v) is 2.71. The summed E-state index contributed by atoms with van der Waals surface area (Å²) in [5, 5.41) is 2.63. The molecule has 0 radical (unpaired) electrons. The fourth-order valence-electron chi connectivity index (χ4n) is 1.93. The highest BCUT2D eigenvalue weighted by Crippen LogP contribution is 2.15. The number of benzene rings is 2. The number of thioether (sulfide) groups is 1. The largest absolute Gasteiger partial charge is 0.465 e. The molecule has 4 nitrogen and oxygen atoms in total. The summed E-state index contributed by atoms with van der Waals surface area (Å²) in [6.45, 7) is 0. The smallest absolute Gasteiger partial charge is 0.337 e. The van der Waals surface area contributed by atoms with E-state index in [2.05, 4.69) is 10.1 Å². The molecule has 0 atom stereocenters. The topological polar surface area (TPSA) is 55.4 Å². The van der Waals surface area contributed by atoms with Crippen LogP contribution in [0.2, 0.25) is 0 Å². The summed E-state index contributed by atoms with van der Waals surface area (Å²) in [6, 6.07) is 12.8. The first-order valence-electron chi connectivity index (χ1n) is 6.89. The van der Waals surface area contributed by atoms with Crippen molar-refractivity contribution in [3.63, 3.8) is 0 Å². The summed E-state index contributed by atoms with van der Waals surface area (Å²) in [6.07, 6.45) is 0. The normalized spacial score (nSPS) is 10.2. The second-order valence-corrected chi connectivity index (χ2v) is 5.73. The van der Waals surface area contributed by atoms with Crippen molar-refractivity contribution in [3.05, 3.63) is 65.5 Å². The highest BCUT2D eigenvalue weighted by atomic mass is 32.2. The number of methoxy groups -OCH3 is 1. The standard InChI is InChI=1S/C17H16FNO3S/c1-22-17(21)13-5-2-4-12(8-13)10-23-11-16(20)19-15-7-3-6-14(18)9-15/h2-9H,10-11H2,1H3,(H,19,20). The lowest BCUT2D eigenvalue weighted by atomic mass is 10.1. The summed E-state index contributed by atoms with van der Waals surface area (Å²) in [4.78, 5) is 23.3. The monoisotopic (exact) mass is 333 g/mol. The molecule has 0 aliphatic carbocycles. The van der Waals surface area contributed by atoms with Crippen molar-refractivity contribution in [2.45, 2.75) is 5.75 Å². The van der Waals surface area contributed by atoms with Gasteiger partial charge in [0.15, 0.2) is 0 Å².